The highest BCUT2D eigenvalue weighted by Gasteiger charge is 2.28. The lowest BCUT2D eigenvalue weighted by Gasteiger charge is -2.39. The number of rotatable bonds is 4. The fourth-order valence-corrected chi connectivity index (χ4v) is 4.02. The summed E-state index contributed by atoms with van der Waals surface area (Å²) in [4.78, 5) is 25.9. The highest BCUT2D eigenvalue weighted by atomic mass is 35.5. The third kappa shape index (κ3) is 3.34. The molecule has 2 aliphatic heterocycles. The zero-order valence-electron chi connectivity index (χ0n) is 16.3. The van der Waals surface area contributed by atoms with Crippen LogP contribution in [-0.4, -0.2) is 73.7 Å². The van der Waals surface area contributed by atoms with Gasteiger partial charge in [-0.15, -0.1) is 0 Å². The minimum absolute atomic E-state index is 0.0808. The van der Waals surface area contributed by atoms with Crippen LogP contribution in [0.15, 0.2) is 24.8 Å². The van der Waals surface area contributed by atoms with Crippen molar-refractivity contribution in [2.45, 2.75) is 25.9 Å². The summed E-state index contributed by atoms with van der Waals surface area (Å²) in [5.74, 6) is 0.912. The molecule has 0 aliphatic carbocycles. The molecular formula is C19H23ClN8O. The first-order valence-electron chi connectivity index (χ1n) is 9.92. The van der Waals surface area contributed by atoms with E-state index in [9.17, 15) is 4.79 Å². The largest absolute Gasteiger partial charge is 0.351 e. The zero-order chi connectivity index (χ0) is 20.0. The molecule has 29 heavy (non-hydrogen) atoms. The molecule has 1 N–H and O–H groups in total. The Morgan fingerprint density at radius 1 is 1.24 bits per heavy atom. The average molecular weight is 415 g/mol. The van der Waals surface area contributed by atoms with Crippen molar-refractivity contribution in [2.24, 2.45) is 0 Å². The number of imidazole rings is 1. The van der Waals surface area contributed by atoms with Gasteiger partial charge in [0.25, 0.3) is 0 Å². The van der Waals surface area contributed by atoms with Gasteiger partial charge < -0.3 is 15.1 Å². The van der Waals surface area contributed by atoms with E-state index >= 15 is 0 Å². The minimum atomic E-state index is 0.0808. The highest BCUT2D eigenvalue weighted by molar-refractivity contribution is 6.29. The van der Waals surface area contributed by atoms with Crippen molar-refractivity contribution in [2.75, 3.05) is 37.6 Å². The van der Waals surface area contributed by atoms with Crippen molar-refractivity contribution in [3.8, 4) is 11.3 Å². The molecule has 3 aromatic heterocycles. The molecule has 5 heterocycles. The Balaban J connectivity index is 1.44. The summed E-state index contributed by atoms with van der Waals surface area (Å²) in [5.41, 5.74) is 2.36. The standard InChI is InChI=1S/C19H23ClN8O/c1-13-2-5-27(13)19-18-22-9-16(20)28(18)11-15(24-19)14-8-23-26(10-14)12-17(29)25-6-3-21-4-7-25/h8-11,13,21H,2-7,12H2,1H3/t13-/m0/s1. The summed E-state index contributed by atoms with van der Waals surface area (Å²) in [5, 5.41) is 8.18. The maximum absolute atomic E-state index is 12.5. The monoisotopic (exact) mass is 414 g/mol. The molecule has 0 aromatic carbocycles. The summed E-state index contributed by atoms with van der Waals surface area (Å²) in [7, 11) is 0. The molecule has 0 bridgehead atoms. The molecule has 10 heteroatoms. The van der Waals surface area contributed by atoms with E-state index in [0.29, 0.717) is 11.2 Å². The molecule has 0 saturated carbocycles. The second-order valence-corrected chi connectivity index (χ2v) is 8.00. The molecule has 152 valence electrons. The van der Waals surface area contributed by atoms with Gasteiger partial charge >= 0.3 is 0 Å². The van der Waals surface area contributed by atoms with E-state index in [0.717, 1.165) is 61.9 Å². The van der Waals surface area contributed by atoms with Crippen molar-refractivity contribution in [3.63, 3.8) is 0 Å². The van der Waals surface area contributed by atoms with E-state index in [2.05, 4.69) is 27.2 Å². The number of anilines is 1. The third-order valence-electron chi connectivity index (χ3n) is 5.72. The van der Waals surface area contributed by atoms with Gasteiger partial charge in [-0.25, -0.2) is 9.97 Å². The highest BCUT2D eigenvalue weighted by Crippen LogP contribution is 2.31. The lowest BCUT2D eigenvalue weighted by atomic mass is 10.1. The minimum Gasteiger partial charge on any atom is -0.351 e. The second-order valence-electron chi connectivity index (χ2n) is 7.61. The molecule has 2 fully saturated rings. The molecule has 0 unspecified atom stereocenters. The summed E-state index contributed by atoms with van der Waals surface area (Å²) in [6, 6.07) is 0.427. The van der Waals surface area contributed by atoms with Crippen LogP contribution in [0.4, 0.5) is 5.82 Å². The summed E-state index contributed by atoms with van der Waals surface area (Å²) in [6.07, 6.45) is 8.26. The first-order chi connectivity index (χ1) is 14.1. The molecule has 0 radical (unpaired) electrons. The summed E-state index contributed by atoms with van der Waals surface area (Å²) < 4.78 is 3.53. The van der Waals surface area contributed by atoms with Crippen molar-refractivity contribution < 1.29 is 4.79 Å². The van der Waals surface area contributed by atoms with E-state index in [1.54, 1.807) is 17.1 Å². The van der Waals surface area contributed by atoms with Crippen molar-refractivity contribution in [3.05, 3.63) is 29.9 Å². The lowest BCUT2D eigenvalue weighted by molar-refractivity contribution is -0.132. The Hall–Kier alpha value is -2.65. The molecule has 1 amide bonds. The number of hydrogen-bond donors (Lipinski definition) is 1. The predicted octanol–water partition coefficient (Wildman–Crippen LogP) is 1.28. The van der Waals surface area contributed by atoms with Crippen LogP contribution >= 0.6 is 11.6 Å². The van der Waals surface area contributed by atoms with Crippen molar-refractivity contribution in [1.29, 1.82) is 0 Å². The van der Waals surface area contributed by atoms with Gasteiger partial charge in [-0.3, -0.25) is 13.9 Å². The van der Waals surface area contributed by atoms with E-state index in [1.807, 2.05) is 21.7 Å². The van der Waals surface area contributed by atoms with E-state index < -0.39 is 0 Å². The number of carbonyl (C=O) groups excluding carboxylic acids is 1. The predicted molar refractivity (Wildman–Crippen MR) is 110 cm³/mol. The summed E-state index contributed by atoms with van der Waals surface area (Å²) in [6.45, 7) is 6.51. The van der Waals surface area contributed by atoms with Crippen LogP contribution in [0, 0.1) is 0 Å². The molecule has 0 spiro atoms. The van der Waals surface area contributed by atoms with Crippen LogP contribution < -0.4 is 10.2 Å². The van der Waals surface area contributed by atoms with Gasteiger partial charge in [-0.2, -0.15) is 5.10 Å². The Morgan fingerprint density at radius 3 is 2.79 bits per heavy atom. The van der Waals surface area contributed by atoms with Crippen LogP contribution in [-0.2, 0) is 11.3 Å². The smallest absolute Gasteiger partial charge is 0.244 e. The molecular weight excluding hydrogens is 392 g/mol. The van der Waals surface area contributed by atoms with Gasteiger partial charge in [0, 0.05) is 56.7 Å². The van der Waals surface area contributed by atoms with Gasteiger partial charge in [0.05, 0.1) is 18.1 Å². The summed E-state index contributed by atoms with van der Waals surface area (Å²) >= 11 is 6.34. The number of halogens is 1. The number of piperazine rings is 1. The van der Waals surface area contributed by atoms with Crippen molar-refractivity contribution in [1.82, 2.24) is 34.4 Å². The normalized spacial score (nSPS) is 19.6. The van der Waals surface area contributed by atoms with Crippen LogP contribution in [0.5, 0.6) is 0 Å². The van der Waals surface area contributed by atoms with E-state index in [4.69, 9.17) is 16.6 Å². The first kappa shape index (κ1) is 18.4. The Labute approximate surface area is 173 Å². The maximum atomic E-state index is 12.5. The quantitative estimate of drug-likeness (QED) is 0.692. The SMILES string of the molecule is C[C@H]1CCN1c1nc(-c2cnn(CC(=O)N3CCNCC3)c2)cn2c(Cl)cnc12. The van der Waals surface area contributed by atoms with Crippen LogP contribution in [0.1, 0.15) is 13.3 Å². The fourth-order valence-electron chi connectivity index (χ4n) is 3.84. The number of carbonyl (C=O) groups is 1. The average Bonchev–Trinajstić information content (AvgIpc) is 3.34. The van der Waals surface area contributed by atoms with Crippen LogP contribution in [0.25, 0.3) is 16.9 Å². The third-order valence-corrected chi connectivity index (χ3v) is 6.00. The Kier molecular flexibility index (Phi) is 4.63. The molecule has 2 aliphatic rings. The number of hydrogen-bond acceptors (Lipinski definition) is 6. The van der Waals surface area contributed by atoms with Gasteiger partial charge in [-0.1, -0.05) is 11.6 Å². The first-order valence-corrected chi connectivity index (χ1v) is 10.3. The van der Waals surface area contributed by atoms with E-state index in [-0.39, 0.29) is 12.5 Å². The van der Waals surface area contributed by atoms with E-state index in [1.165, 1.54) is 0 Å². The Bertz CT molecular complexity index is 1050. The van der Waals surface area contributed by atoms with Gasteiger partial charge in [-0.05, 0) is 13.3 Å². The van der Waals surface area contributed by atoms with Gasteiger partial charge in [0.2, 0.25) is 5.91 Å². The molecule has 5 rings (SSSR count). The number of nitrogens with zero attached hydrogens (tertiary/aromatic N) is 7. The Morgan fingerprint density at radius 2 is 2.07 bits per heavy atom. The van der Waals surface area contributed by atoms with Crippen LogP contribution in [0.2, 0.25) is 5.15 Å². The van der Waals surface area contributed by atoms with Crippen molar-refractivity contribution >= 4 is 29.0 Å². The fraction of sp³-hybridized carbons (Fsp3) is 0.474. The number of nitrogens with one attached hydrogen (secondary N) is 1. The number of aromatic nitrogens is 5. The molecule has 9 nitrogen and oxygen atoms in total. The maximum Gasteiger partial charge on any atom is 0.244 e. The molecule has 3 aromatic rings. The van der Waals surface area contributed by atoms with Gasteiger partial charge in [0.15, 0.2) is 11.5 Å². The number of fused-ring (bicyclic) bond motifs is 1. The molecule has 2 saturated heterocycles. The topological polar surface area (TPSA) is 83.6 Å². The zero-order valence-corrected chi connectivity index (χ0v) is 17.0. The lowest BCUT2D eigenvalue weighted by Crippen LogP contribution is -2.47. The second kappa shape index (κ2) is 7.31. The number of amides is 1. The molecule has 1 atom stereocenters. The van der Waals surface area contributed by atoms with Gasteiger partial charge in [0.1, 0.15) is 11.7 Å². The van der Waals surface area contributed by atoms with Crippen LogP contribution in [0.3, 0.4) is 0 Å².